The number of aromatic amines is 1. The largest absolute Gasteiger partial charge is 0.507 e. The van der Waals surface area contributed by atoms with Gasteiger partial charge in [0, 0.05) is 11.6 Å². The second-order valence-corrected chi connectivity index (χ2v) is 4.08. The summed E-state index contributed by atoms with van der Waals surface area (Å²) in [6.07, 6.45) is 0. The van der Waals surface area contributed by atoms with Gasteiger partial charge in [0.05, 0.1) is 13.7 Å². The minimum atomic E-state index is -0.592. The molecule has 20 heavy (non-hydrogen) atoms. The summed E-state index contributed by atoms with van der Waals surface area (Å²) in [5.41, 5.74) is 1.42. The number of phenolic OH excluding ortho intramolecular Hbond substituents is 1. The van der Waals surface area contributed by atoms with Crippen molar-refractivity contribution in [2.24, 2.45) is 0 Å². The van der Waals surface area contributed by atoms with Crippen molar-refractivity contribution in [1.82, 2.24) is 15.4 Å². The van der Waals surface area contributed by atoms with Crippen LogP contribution in [0.25, 0.3) is 11.3 Å². The Bertz CT molecular complexity index is 613. The van der Waals surface area contributed by atoms with Gasteiger partial charge in [-0.25, -0.2) is 4.79 Å². The third-order valence-electron chi connectivity index (χ3n) is 2.78. The van der Waals surface area contributed by atoms with Gasteiger partial charge in [0.25, 0.3) is 0 Å². The van der Waals surface area contributed by atoms with E-state index in [0.717, 1.165) is 0 Å². The van der Waals surface area contributed by atoms with Crippen molar-refractivity contribution >= 4 is 5.97 Å². The lowest BCUT2D eigenvalue weighted by atomic mass is 10.0. The zero-order valence-electron chi connectivity index (χ0n) is 11.4. The molecule has 2 aromatic rings. The van der Waals surface area contributed by atoms with E-state index in [4.69, 9.17) is 9.47 Å². The van der Waals surface area contributed by atoms with Crippen molar-refractivity contribution in [2.45, 2.75) is 13.8 Å². The number of H-pyrrole nitrogens is 1. The molecule has 0 saturated carbocycles. The monoisotopic (exact) mass is 277 g/mol. The second-order valence-electron chi connectivity index (χ2n) is 4.08. The topological polar surface area (TPSA) is 97.3 Å². The molecule has 0 fully saturated rings. The predicted molar refractivity (Wildman–Crippen MR) is 70.7 cm³/mol. The Hall–Kier alpha value is -2.57. The smallest absolute Gasteiger partial charge is 0.361 e. The third-order valence-corrected chi connectivity index (χ3v) is 2.78. The van der Waals surface area contributed by atoms with Crippen LogP contribution < -0.4 is 4.74 Å². The van der Waals surface area contributed by atoms with Gasteiger partial charge in [-0.15, -0.1) is 5.10 Å². The number of hydrogen-bond acceptors (Lipinski definition) is 6. The Morgan fingerprint density at radius 1 is 1.40 bits per heavy atom. The standard InChI is InChI=1S/C13H15N3O4/c1-4-20-13(18)12-11(14-16-15-12)10-7(2)5-8(19-3)6-9(10)17/h5-6,17H,4H2,1-3H3,(H,14,15,16). The highest BCUT2D eigenvalue weighted by Gasteiger charge is 2.23. The first kappa shape index (κ1) is 13.9. The van der Waals surface area contributed by atoms with Crippen LogP contribution in [0.4, 0.5) is 0 Å². The number of aromatic nitrogens is 3. The van der Waals surface area contributed by atoms with Gasteiger partial charge in [0.2, 0.25) is 0 Å². The Morgan fingerprint density at radius 2 is 2.15 bits per heavy atom. The van der Waals surface area contributed by atoms with Gasteiger partial charge in [0.1, 0.15) is 17.2 Å². The molecule has 2 rings (SSSR count). The van der Waals surface area contributed by atoms with E-state index < -0.39 is 5.97 Å². The lowest BCUT2D eigenvalue weighted by Gasteiger charge is -2.09. The molecule has 2 N–H and O–H groups in total. The highest BCUT2D eigenvalue weighted by molar-refractivity contribution is 5.95. The number of aromatic hydroxyl groups is 1. The van der Waals surface area contributed by atoms with Crippen LogP contribution in [0.15, 0.2) is 12.1 Å². The van der Waals surface area contributed by atoms with Gasteiger partial charge in [0.15, 0.2) is 5.69 Å². The number of esters is 1. The lowest BCUT2D eigenvalue weighted by Crippen LogP contribution is -2.07. The van der Waals surface area contributed by atoms with Crippen LogP contribution in [0.3, 0.4) is 0 Å². The summed E-state index contributed by atoms with van der Waals surface area (Å²) in [5, 5.41) is 20.2. The summed E-state index contributed by atoms with van der Waals surface area (Å²) >= 11 is 0. The first-order valence-electron chi connectivity index (χ1n) is 6.04. The maximum absolute atomic E-state index is 11.8. The number of carbonyl (C=O) groups excluding carboxylic acids is 1. The van der Waals surface area contributed by atoms with Crippen LogP contribution in [-0.2, 0) is 4.74 Å². The number of nitrogens with zero attached hydrogens (tertiary/aromatic N) is 2. The maximum atomic E-state index is 11.8. The summed E-state index contributed by atoms with van der Waals surface area (Å²) in [6.45, 7) is 3.72. The molecule has 1 heterocycles. The fourth-order valence-electron chi connectivity index (χ4n) is 1.91. The van der Waals surface area contributed by atoms with E-state index in [9.17, 15) is 9.90 Å². The Morgan fingerprint density at radius 3 is 2.75 bits per heavy atom. The SMILES string of the molecule is CCOC(=O)c1n[nH]nc1-c1c(C)cc(OC)cc1O. The van der Waals surface area contributed by atoms with Crippen LogP contribution in [0.2, 0.25) is 0 Å². The number of phenols is 1. The van der Waals surface area contributed by atoms with Gasteiger partial charge >= 0.3 is 5.97 Å². The average molecular weight is 277 g/mol. The van der Waals surface area contributed by atoms with Crippen molar-refractivity contribution in [1.29, 1.82) is 0 Å². The van der Waals surface area contributed by atoms with Gasteiger partial charge in [-0.3, -0.25) is 0 Å². The molecule has 0 atom stereocenters. The zero-order valence-corrected chi connectivity index (χ0v) is 11.4. The van der Waals surface area contributed by atoms with Gasteiger partial charge in [-0.2, -0.15) is 10.3 Å². The third kappa shape index (κ3) is 2.42. The Labute approximate surface area is 115 Å². The first-order chi connectivity index (χ1) is 9.58. The maximum Gasteiger partial charge on any atom is 0.361 e. The van der Waals surface area contributed by atoms with E-state index >= 15 is 0 Å². The molecule has 0 amide bonds. The van der Waals surface area contributed by atoms with Gasteiger partial charge < -0.3 is 14.6 Å². The quantitative estimate of drug-likeness (QED) is 0.825. The molecule has 0 aliphatic carbocycles. The van der Waals surface area contributed by atoms with E-state index in [-0.39, 0.29) is 23.7 Å². The molecular weight excluding hydrogens is 262 g/mol. The van der Waals surface area contributed by atoms with Crippen molar-refractivity contribution in [3.05, 3.63) is 23.4 Å². The molecule has 0 saturated heterocycles. The first-order valence-corrected chi connectivity index (χ1v) is 6.04. The number of nitrogens with one attached hydrogen (secondary N) is 1. The molecule has 1 aromatic heterocycles. The minimum Gasteiger partial charge on any atom is -0.507 e. The molecular formula is C13H15N3O4. The molecule has 0 aliphatic rings. The summed E-state index contributed by atoms with van der Waals surface area (Å²) in [4.78, 5) is 11.8. The predicted octanol–water partition coefficient (Wildman–Crippen LogP) is 1.67. The summed E-state index contributed by atoms with van der Waals surface area (Å²) in [5.74, 6) is -0.114. The van der Waals surface area contributed by atoms with E-state index in [1.54, 1.807) is 19.9 Å². The van der Waals surface area contributed by atoms with Crippen LogP contribution in [-0.4, -0.2) is 40.2 Å². The lowest BCUT2D eigenvalue weighted by molar-refractivity contribution is 0.0520. The van der Waals surface area contributed by atoms with E-state index in [1.807, 2.05) is 0 Å². The number of hydrogen-bond donors (Lipinski definition) is 2. The van der Waals surface area contributed by atoms with E-state index in [0.29, 0.717) is 16.9 Å². The van der Waals surface area contributed by atoms with E-state index in [1.165, 1.54) is 13.2 Å². The highest BCUT2D eigenvalue weighted by atomic mass is 16.5. The molecule has 0 aliphatic heterocycles. The van der Waals surface area contributed by atoms with Gasteiger partial charge in [-0.1, -0.05) is 0 Å². The second kappa shape index (κ2) is 5.60. The van der Waals surface area contributed by atoms with Crippen molar-refractivity contribution in [3.8, 4) is 22.8 Å². The fourth-order valence-corrected chi connectivity index (χ4v) is 1.91. The molecule has 0 unspecified atom stereocenters. The number of rotatable bonds is 4. The summed E-state index contributed by atoms with van der Waals surface area (Å²) in [6, 6.07) is 3.19. The van der Waals surface area contributed by atoms with Crippen molar-refractivity contribution in [2.75, 3.05) is 13.7 Å². The normalized spacial score (nSPS) is 10.3. The summed E-state index contributed by atoms with van der Waals surface area (Å²) in [7, 11) is 1.51. The highest BCUT2D eigenvalue weighted by Crippen LogP contribution is 2.36. The van der Waals surface area contributed by atoms with Crippen LogP contribution in [0.1, 0.15) is 23.0 Å². The van der Waals surface area contributed by atoms with Crippen LogP contribution in [0, 0.1) is 6.92 Å². The Balaban J connectivity index is 2.53. The Kier molecular flexibility index (Phi) is 3.88. The number of carbonyl (C=O) groups is 1. The average Bonchev–Trinajstić information content (AvgIpc) is 2.87. The fraction of sp³-hybridized carbons (Fsp3) is 0.308. The van der Waals surface area contributed by atoms with Crippen LogP contribution >= 0.6 is 0 Å². The molecule has 0 radical (unpaired) electrons. The molecule has 0 bridgehead atoms. The number of methoxy groups -OCH3 is 1. The van der Waals surface area contributed by atoms with Crippen LogP contribution in [0.5, 0.6) is 11.5 Å². The zero-order chi connectivity index (χ0) is 14.7. The molecule has 0 spiro atoms. The minimum absolute atomic E-state index is 0.0374. The summed E-state index contributed by atoms with van der Waals surface area (Å²) < 4.78 is 9.97. The number of benzene rings is 1. The number of ether oxygens (including phenoxy) is 2. The van der Waals surface area contributed by atoms with Crippen molar-refractivity contribution < 1.29 is 19.4 Å². The molecule has 7 heteroatoms. The number of aryl methyl sites for hydroxylation is 1. The molecule has 1 aromatic carbocycles. The van der Waals surface area contributed by atoms with Crippen molar-refractivity contribution in [3.63, 3.8) is 0 Å². The molecule has 7 nitrogen and oxygen atoms in total. The van der Waals surface area contributed by atoms with E-state index in [2.05, 4.69) is 15.4 Å². The van der Waals surface area contributed by atoms with Gasteiger partial charge in [-0.05, 0) is 25.5 Å². The molecule has 106 valence electrons.